The van der Waals surface area contributed by atoms with Gasteiger partial charge < -0.3 is 15.3 Å². The lowest BCUT2D eigenvalue weighted by Crippen LogP contribution is -2.51. The number of hydrogen-bond donors (Lipinski definition) is 2. The molecule has 1 saturated carbocycles. The van der Waals surface area contributed by atoms with E-state index in [0.717, 1.165) is 12.8 Å². The zero-order chi connectivity index (χ0) is 12.3. The number of piperidine rings is 1. The first-order chi connectivity index (χ1) is 8.16. The molecule has 2 rings (SSSR count). The Morgan fingerprint density at radius 2 is 1.88 bits per heavy atom. The highest BCUT2D eigenvalue weighted by atomic mass is 16.3. The number of nitrogens with zero attached hydrogens (tertiary/aromatic N) is 1. The fourth-order valence-corrected chi connectivity index (χ4v) is 3.23. The van der Waals surface area contributed by atoms with Crippen LogP contribution in [0.15, 0.2) is 0 Å². The summed E-state index contributed by atoms with van der Waals surface area (Å²) in [5.41, 5.74) is 0. The fraction of sp³-hybridized carbons (Fsp3) is 1.00. The molecular formula is C14H28N2O. The SMILES string of the molecule is CC1CC(NC2CCCCCC2O)CCN1C. The maximum atomic E-state index is 10.1. The van der Waals surface area contributed by atoms with Crippen molar-refractivity contribution in [2.45, 2.75) is 76.1 Å². The quantitative estimate of drug-likeness (QED) is 0.722. The topological polar surface area (TPSA) is 35.5 Å². The van der Waals surface area contributed by atoms with E-state index in [1.54, 1.807) is 0 Å². The van der Waals surface area contributed by atoms with Gasteiger partial charge in [-0.2, -0.15) is 0 Å². The molecule has 0 bridgehead atoms. The molecular weight excluding hydrogens is 212 g/mol. The van der Waals surface area contributed by atoms with E-state index in [4.69, 9.17) is 0 Å². The Labute approximate surface area is 106 Å². The van der Waals surface area contributed by atoms with Gasteiger partial charge in [0, 0.05) is 18.1 Å². The van der Waals surface area contributed by atoms with Gasteiger partial charge in [-0.05, 0) is 46.2 Å². The van der Waals surface area contributed by atoms with Crippen LogP contribution in [0.25, 0.3) is 0 Å². The third-order valence-corrected chi connectivity index (χ3v) is 4.64. The zero-order valence-corrected chi connectivity index (χ0v) is 11.4. The molecule has 2 N–H and O–H groups in total. The third-order valence-electron chi connectivity index (χ3n) is 4.64. The molecule has 3 nitrogen and oxygen atoms in total. The van der Waals surface area contributed by atoms with Crippen molar-refractivity contribution in [2.75, 3.05) is 13.6 Å². The van der Waals surface area contributed by atoms with Crippen molar-refractivity contribution in [1.82, 2.24) is 10.2 Å². The first kappa shape index (κ1) is 13.3. The second-order valence-corrected chi connectivity index (χ2v) is 6.03. The third kappa shape index (κ3) is 3.67. The number of aliphatic hydroxyl groups excluding tert-OH is 1. The van der Waals surface area contributed by atoms with Crippen LogP contribution >= 0.6 is 0 Å². The predicted molar refractivity (Wildman–Crippen MR) is 71.1 cm³/mol. The van der Waals surface area contributed by atoms with Crippen LogP contribution in [0.3, 0.4) is 0 Å². The van der Waals surface area contributed by atoms with Crippen LogP contribution in [0.1, 0.15) is 51.9 Å². The molecule has 0 radical (unpaired) electrons. The van der Waals surface area contributed by atoms with Crippen molar-refractivity contribution in [2.24, 2.45) is 0 Å². The van der Waals surface area contributed by atoms with E-state index in [-0.39, 0.29) is 6.10 Å². The molecule has 1 aliphatic heterocycles. The second kappa shape index (κ2) is 6.17. The molecule has 100 valence electrons. The lowest BCUT2D eigenvalue weighted by atomic mass is 9.96. The van der Waals surface area contributed by atoms with E-state index in [1.165, 1.54) is 38.6 Å². The highest BCUT2D eigenvalue weighted by Gasteiger charge is 2.28. The van der Waals surface area contributed by atoms with E-state index in [9.17, 15) is 5.11 Å². The first-order valence-corrected chi connectivity index (χ1v) is 7.31. The minimum absolute atomic E-state index is 0.118. The van der Waals surface area contributed by atoms with E-state index < -0.39 is 0 Å². The van der Waals surface area contributed by atoms with Crippen molar-refractivity contribution in [1.29, 1.82) is 0 Å². The molecule has 3 heteroatoms. The number of rotatable bonds is 2. The summed E-state index contributed by atoms with van der Waals surface area (Å²) in [6.45, 7) is 3.49. The summed E-state index contributed by atoms with van der Waals surface area (Å²) in [6.07, 6.45) is 8.23. The molecule has 0 spiro atoms. The van der Waals surface area contributed by atoms with Crippen LogP contribution in [-0.2, 0) is 0 Å². The normalized spacial score (nSPS) is 41.1. The minimum Gasteiger partial charge on any atom is -0.392 e. The Morgan fingerprint density at radius 3 is 2.65 bits per heavy atom. The lowest BCUT2D eigenvalue weighted by Gasteiger charge is -2.38. The van der Waals surface area contributed by atoms with Crippen molar-refractivity contribution < 1.29 is 5.11 Å². The van der Waals surface area contributed by atoms with Gasteiger partial charge in [-0.25, -0.2) is 0 Å². The summed E-state index contributed by atoms with van der Waals surface area (Å²) in [7, 11) is 2.21. The summed E-state index contributed by atoms with van der Waals surface area (Å²) in [6, 6.07) is 1.63. The average molecular weight is 240 g/mol. The van der Waals surface area contributed by atoms with Crippen LogP contribution in [0.5, 0.6) is 0 Å². The van der Waals surface area contributed by atoms with E-state index in [1.807, 2.05) is 0 Å². The molecule has 0 aromatic carbocycles. The van der Waals surface area contributed by atoms with Gasteiger partial charge in [0.2, 0.25) is 0 Å². The van der Waals surface area contributed by atoms with Crippen LogP contribution in [0, 0.1) is 0 Å². The van der Waals surface area contributed by atoms with E-state index in [0.29, 0.717) is 18.1 Å². The number of aliphatic hydroxyl groups is 1. The number of hydrogen-bond acceptors (Lipinski definition) is 3. The average Bonchev–Trinajstić information content (AvgIpc) is 2.50. The predicted octanol–water partition coefficient (Wildman–Crippen LogP) is 1.75. The Bertz CT molecular complexity index is 234. The van der Waals surface area contributed by atoms with Crippen LogP contribution in [0.2, 0.25) is 0 Å². The Morgan fingerprint density at radius 1 is 1.12 bits per heavy atom. The van der Waals surface area contributed by atoms with Gasteiger partial charge in [-0.3, -0.25) is 0 Å². The Balaban J connectivity index is 1.83. The summed E-state index contributed by atoms with van der Waals surface area (Å²) in [4.78, 5) is 2.43. The molecule has 4 atom stereocenters. The number of nitrogens with one attached hydrogen (secondary N) is 1. The number of likely N-dealkylation sites (tertiary alicyclic amines) is 1. The van der Waals surface area contributed by atoms with Crippen LogP contribution in [-0.4, -0.2) is 47.8 Å². The van der Waals surface area contributed by atoms with Crippen molar-refractivity contribution in [3.8, 4) is 0 Å². The Kier molecular flexibility index (Phi) is 4.83. The van der Waals surface area contributed by atoms with E-state index >= 15 is 0 Å². The van der Waals surface area contributed by atoms with Gasteiger partial charge >= 0.3 is 0 Å². The van der Waals surface area contributed by atoms with Crippen molar-refractivity contribution in [3.63, 3.8) is 0 Å². The first-order valence-electron chi connectivity index (χ1n) is 7.31. The van der Waals surface area contributed by atoms with Gasteiger partial charge in [0.15, 0.2) is 0 Å². The van der Waals surface area contributed by atoms with Gasteiger partial charge in [0.05, 0.1) is 6.10 Å². The molecule has 0 amide bonds. The lowest BCUT2D eigenvalue weighted by molar-refractivity contribution is 0.0958. The maximum absolute atomic E-state index is 10.1. The molecule has 1 heterocycles. The largest absolute Gasteiger partial charge is 0.392 e. The fourth-order valence-electron chi connectivity index (χ4n) is 3.23. The monoisotopic (exact) mass is 240 g/mol. The summed E-state index contributed by atoms with van der Waals surface area (Å²) >= 11 is 0. The molecule has 17 heavy (non-hydrogen) atoms. The van der Waals surface area contributed by atoms with Crippen molar-refractivity contribution >= 4 is 0 Å². The van der Waals surface area contributed by atoms with E-state index in [2.05, 4.69) is 24.2 Å². The molecule has 2 aliphatic rings. The highest BCUT2D eigenvalue weighted by molar-refractivity contribution is 4.87. The molecule has 1 aliphatic carbocycles. The summed E-state index contributed by atoms with van der Waals surface area (Å²) in [5.74, 6) is 0. The summed E-state index contributed by atoms with van der Waals surface area (Å²) in [5, 5.41) is 13.8. The van der Waals surface area contributed by atoms with Crippen LogP contribution in [0.4, 0.5) is 0 Å². The summed E-state index contributed by atoms with van der Waals surface area (Å²) < 4.78 is 0. The van der Waals surface area contributed by atoms with Crippen LogP contribution < -0.4 is 5.32 Å². The minimum atomic E-state index is -0.118. The molecule has 0 aromatic rings. The molecule has 0 aromatic heterocycles. The standard InChI is InChI=1S/C14H28N2O/c1-11-10-12(8-9-16(11)2)15-13-6-4-3-5-7-14(13)17/h11-15,17H,3-10H2,1-2H3. The smallest absolute Gasteiger partial charge is 0.0693 e. The van der Waals surface area contributed by atoms with Gasteiger partial charge in [0.1, 0.15) is 0 Å². The molecule has 2 fully saturated rings. The second-order valence-electron chi connectivity index (χ2n) is 6.03. The zero-order valence-electron chi connectivity index (χ0n) is 11.4. The Hall–Kier alpha value is -0.120. The van der Waals surface area contributed by atoms with Gasteiger partial charge in [0.25, 0.3) is 0 Å². The highest BCUT2D eigenvalue weighted by Crippen LogP contribution is 2.21. The van der Waals surface area contributed by atoms with Gasteiger partial charge in [-0.15, -0.1) is 0 Å². The van der Waals surface area contributed by atoms with Gasteiger partial charge in [-0.1, -0.05) is 19.3 Å². The molecule has 1 saturated heterocycles. The molecule has 4 unspecified atom stereocenters. The maximum Gasteiger partial charge on any atom is 0.0693 e. The van der Waals surface area contributed by atoms with Crippen molar-refractivity contribution in [3.05, 3.63) is 0 Å².